The minimum absolute atomic E-state index is 0.0453. The van der Waals surface area contributed by atoms with Crippen molar-refractivity contribution in [2.24, 2.45) is 0 Å². The molecule has 2 atom stereocenters. The topological polar surface area (TPSA) is 217 Å². The van der Waals surface area contributed by atoms with Crippen LogP contribution in [0.1, 0.15) is 218 Å². The molecule has 0 aromatic heterocycles. The van der Waals surface area contributed by atoms with Gasteiger partial charge in [0.15, 0.2) is 0 Å². The van der Waals surface area contributed by atoms with Crippen LogP contribution >= 0.6 is 0 Å². The van der Waals surface area contributed by atoms with Crippen LogP contribution in [0.4, 0.5) is 0 Å². The normalized spacial score (nSPS) is 15.4. The number of nitrogens with zero attached hydrogens (tertiary/aromatic N) is 6. The summed E-state index contributed by atoms with van der Waals surface area (Å²) in [7, 11) is 0. The quantitative estimate of drug-likeness (QED) is 0.0202. The van der Waals surface area contributed by atoms with Crippen molar-refractivity contribution in [1.29, 1.82) is 0 Å². The summed E-state index contributed by atoms with van der Waals surface area (Å²) >= 11 is 0. The molecule has 4 aliphatic rings. The first-order valence-electron chi connectivity index (χ1n) is 40.5. The molecule has 2 saturated heterocycles. The Hall–Kier alpha value is -11.0. The number of hydrogen-bond acceptors (Lipinski definition) is 14. The SMILES string of the molecule is C=C(C)C(=O)NCCN1CCN(C(=O)C(CCC)N2C(=O)c3cc(Oc4cc(C)cc(C(C)C)c4)c4c5c(Oc6cc(C)cc(C(C)C)c6)cc6c7c(cc(Oc8cc(C)cc(C(C)C)c8)c(c8c(Oc9cc(C)cc(C(C)C)c9)cc(c3c48)C2=O)c75)C(=O)N(C(CCC)C(=O)N2CCN(CCNC(=O)C(=C)C)CC2)C6=O)CC1. The average molecular weight is 1540 g/mol. The van der Waals surface area contributed by atoms with Crippen molar-refractivity contribution in [3.63, 3.8) is 0 Å². The van der Waals surface area contributed by atoms with Crippen LogP contribution in [0, 0.1) is 27.7 Å². The van der Waals surface area contributed by atoms with Crippen molar-refractivity contribution in [2.75, 3.05) is 78.5 Å². The summed E-state index contributed by atoms with van der Waals surface area (Å²) in [6.45, 7) is 44.5. The molecule has 596 valence electrons. The van der Waals surface area contributed by atoms with Gasteiger partial charge in [0.2, 0.25) is 23.6 Å². The van der Waals surface area contributed by atoms with E-state index < -0.39 is 35.7 Å². The van der Waals surface area contributed by atoms with E-state index in [-0.39, 0.29) is 116 Å². The molecule has 0 aliphatic carbocycles. The summed E-state index contributed by atoms with van der Waals surface area (Å²) in [5, 5.41) is 8.32. The second-order valence-electron chi connectivity index (χ2n) is 33.0. The molecule has 2 N–H and O–H groups in total. The maximum atomic E-state index is 16.7. The third-order valence-corrected chi connectivity index (χ3v) is 22.7. The monoisotopic (exact) mass is 1540 g/mol. The summed E-state index contributed by atoms with van der Waals surface area (Å²) in [6.07, 6.45) is 1.15. The van der Waals surface area contributed by atoms with E-state index in [2.05, 4.69) is 113 Å². The fourth-order valence-corrected chi connectivity index (χ4v) is 16.7. The van der Waals surface area contributed by atoms with E-state index in [1.165, 1.54) is 0 Å². The predicted molar refractivity (Wildman–Crippen MR) is 449 cm³/mol. The van der Waals surface area contributed by atoms with Crippen molar-refractivity contribution >= 4 is 90.3 Å². The van der Waals surface area contributed by atoms with Crippen molar-refractivity contribution in [3.8, 4) is 46.0 Å². The fraction of sp³-hybridized carbons (Fsp3) is 0.404. The molecule has 20 heteroatoms. The van der Waals surface area contributed by atoms with Gasteiger partial charge in [0.1, 0.15) is 58.1 Å². The lowest BCUT2D eigenvalue weighted by Crippen LogP contribution is -2.58. The molecule has 0 saturated carbocycles. The molecule has 0 bridgehead atoms. The molecule has 0 spiro atoms. The van der Waals surface area contributed by atoms with Crippen molar-refractivity contribution in [2.45, 2.75) is 172 Å². The third-order valence-electron chi connectivity index (χ3n) is 22.7. The Morgan fingerprint density at radius 3 is 0.851 bits per heavy atom. The van der Waals surface area contributed by atoms with Crippen molar-refractivity contribution in [3.05, 3.63) is 188 Å². The molecule has 9 aromatic rings. The van der Waals surface area contributed by atoms with Crippen LogP contribution in [0.5, 0.6) is 46.0 Å². The lowest BCUT2D eigenvalue weighted by Gasteiger charge is -2.40. The lowest BCUT2D eigenvalue weighted by atomic mass is 9.80. The number of piperazine rings is 2. The smallest absolute Gasteiger partial charge is 0.262 e. The number of imide groups is 2. The van der Waals surface area contributed by atoms with Gasteiger partial charge in [-0.3, -0.25) is 58.0 Å². The standard InChI is InChI=1S/C94H108N8O12/c1-19-21-73(93(109)99-31-27-97(28-32-99)25-23-95-87(103)55(11)12)101-89(105)69-47-75(111-65-39-57(15)35-61(43-65)51(3)4)81-83-77(113-67-41-59(17)37-63(45-67)53(7)8)49-71-80-72(92(108)102(91(71)107)74(22-20-2)94(110)100-33-29-98(30-34-100)26-24-96-88(104)56(13)14)50-78(114-68-42-60(18)38-64(46-68)54(9)10)84(86(80)83)82-76(48-70(90(101)106)79(69)85(81)82)112-66-40-58(16)36-62(44-66)52(5)6/h35-54,73-74H,11,13,19-34H2,1-10,12,14-18H3,(H,95,103)(H,96,104). The number of nitrogens with one attached hydrogen (secondary N) is 2. The highest BCUT2D eigenvalue weighted by Gasteiger charge is 2.48. The van der Waals surface area contributed by atoms with Crippen LogP contribution in [0.3, 0.4) is 0 Å². The molecule has 20 nitrogen and oxygen atoms in total. The minimum atomic E-state index is -1.26. The van der Waals surface area contributed by atoms with Gasteiger partial charge in [-0.15, -0.1) is 0 Å². The molecule has 0 radical (unpaired) electrons. The minimum Gasteiger partial charge on any atom is -0.457 e. The Bertz CT molecular complexity index is 4830. The van der Waals surface area contributed by atoms with Crippen molar-refractivity contribution in [1.82, 2.24) is 40.0 Å². The van der Waals surface area contributed by atoms with Gasteiger partial charge >= 0.3 is 0 Å². The van der Waals surface area contributed by atoms with E-state index in [0.717, 1.165) is 54.3 Å². The first-order valence-corrected chi connectivity index (χ1v) is 40.5. The van der Waals surface area contributed by atoms with Gasteiger partial charge in [-0.2, -0.15) is 0 Å². The zero-order valence-corrected chi connectivity index (χ0v) is 69.0. The van der Waals surface area contributed by atoms with Gasteiger partial charge in [0.25, 0.3) is 23.6 Å². The van der Waals surface area contributed by atoms with E-state index >= 15 is 28.8 Å². The van der Waals surface area contributed by atoms with Crippen LogP contribution < -0.4 is 29.6 Å². The molecule has 4 heterocycles. The van der Waals surface area contributed by atoms with Gasteiger partial charge in [-0.1, -0.05) is 120 Å². The number of fused-ring (bicyclic) bond motifs is 2. The number of amides is 8. The van der Waals surface area contributed by atoms with E-state index in [0.29, 0.717) is 158 Å². The number of carbonyl (C=O) groups is 8. The fourth-order valence-electron chi connectivity index (χ4n) is 16.7. The number of benzene rings is 9. The summed E-state index contributed by atoms with van der Waals surface area (Å²) in [6, 6.07) is 28.1. The molecule has 114 heavy (non-hydrogen) atoms. The average Bonchev–Trinajstić information content (AvgIpc) is 0.670. The number of carbonyl (C=O) groups excluding carboxylic acids is 8. The van der Waals surface area contributed by atoms with Crippen LogP contribution in [-0.4, -0.2) is 167 Å². The van der Waals surface area contributed by atoms with Gasteiger partial charge < -0.3 is 39.4 Å². The lowest BCUT2D eigenvalue weighted by molar-refractivity contribution is -0.138. The van der Waals surface area contributed by atoms with Gasteiger partial charge in [-0.05, 0) is 195 Å². The molecular weight excluding hydrogens is 1430 g/mol. The molecule has 4 aliphatic heterocycles. The number of ether oxygens (including phenoxy) is 4. The highest BCUT2D eigenvalue weighted by atomic mass is 16.5. The maximum Gasteiger partial charge on any atom is 0.262 e. The summed E-state index contributed by atoms with van der Waals surface area (Å²) in [5.41, 5.74) is 8.54. The van der Waals surface area contributed by atoms with E-state index in [4.69, 9.17) is 18.9 Å². The summed E-state index contributed by atoms with van der Waals surface area (Å²) in [5.74, 6) is -1.68. The van der Waals surface area contributed by atoms with Gasteiger partial charge in [0.05, 0.1) is 22.3 Å². The van der Waals surface area contributed by atoms with Crippen LogP contribution in [0.25, 0.3) is 43.1 Å². The Kier molecular flexibility index (Phi) is 23.6. The zero-order valence-electron chi connectivity index (χ0n) is 69.0. The molecule has 2 fully saturated rings. The highest BCUT2D eigenvalue weighted by molar-refractivity contribution is 6.45. The number of aryl methyl sites for hydroxylation is 4. The second kappa shape index (κ2) is 33.2. The van der Waals surface area contributed by atoms with Crippen LogP contribution in [0.2, 0.25) is 0 Å². The summed E-state index contributed by atoms with van der Waals surface area (Å²) < 4.78 is 30.2. The second-order valence-corrected chi connectivity index (χ2v) is 33.0. The van der Waals surface area contributed by atoms with Gasteiger partial charge in [-0.25, -0.2) is 0 Å². The van der Waals surface area contributed by atoms with Crippen LogP contribution in [0.15, 0.2) is 121 Å². The van der Waals surface area contributed by atoms with E-state index in [9.17, 15) is 9.59 Å². The Morgan fingerprint density at radius 1 is 0.368 bits per heavy atom. The Labute approximate surface area is 669 Å². The number of hydrogen-bond donors (Lipinski definition) is 2. The van der Waals surface area contributed by atoms with Gasteiger partial charge in [0, 0.05) is 133 Å². The molecule has 2 unspecified atom stereocenters. The maximum absolute atomic E-state index is 16.7. The molecule has 8 amide bonds. The first kappa shape index (κ1) is 81.1. The van der Waals surface area contributed by atoms with E-state index in [1.54, 1.807) is 47.9 Å². The largest absolute Gasteiger partial charge is 0.457 e. The highest BCUT2D eigenvalue weighted by Crippen LogP contribution is 2.59. The van der Waals surface area contributed by atoms with Crippen molar-refractivity contribution < 1.29 is 57.3 Å². The Morgan fingerprint density at radius 2 is 0.623 bits per heavy atom. The predicted octanol–water partition coefficient (Wildman–Crippen LogP) is 17.8. The first-order chi connectivity index (χ1) is 54.3. The summed E-state index contributed by atoms with van der Waals surface area (Å²) in [4.78, 5) is 133. The van der Waals surface area contributed by atoms with Crippen LogP contribution in [-0.2, 0) is 19.2 Å². The Balaban J connectivity index is 1.13. The molecule has 9 aromatic carbocycles. The molecule has 13 rings (SSSR count). The number of rotatable bonds is 28. The van der Waals surface area contributed by atoms with E-state index in [1.807, 2.05) is 90.1 Å². The molecular formula is C94H108N8O12. The third kappa shape index (κ3) is 16.0. The zero-order chi connectivity index (χ0) is 81.7.